The topological polar surface area (TPSA) is 69.6 Å². The van der Waals surface area contributed by atoms with E-state index in [1.54, 1.807) is 10.9 Å². The summed E-state index contributed by atoms with van der Waals surface area (Å²) in [6.07, 6.45) is 7.53. The largest absolute Gasteiger partial charge is 0.324 e. The second-order valence-electron chi connectivity index (χ2n) is 6.15. The van der Waals surface area contributed by atoms with Gasteiger partial charge in [0.25, 0.3) is 0 Å². The average Bonchev–Trinajstić information content (AvgIpc) is 2.73. The number of aromatic nitrogens is 4. The van der Waals surface area contributed by atoms with Gasteiger partial charge in [0.05, 0.1) is 11.8 Å². The lowest BCUT2D eigenvalue weighted by atomic mass is 9.74. The van der Waals surface area contributed by atoms with E-state index in [1.807, 2.05) is 19.4 Å². The molecule has 0 fully saturated rings. The third-order valence-electron chi connectivity index (χ3n) is 3.68. The molecule has 0 spiro atoms. The summed E-state index contributed by atoms with van der Waals surface area (Å²) in [6.45, 7) is 4.48. The first kappa shape index (κ1) is 12.3. The van der Waals surface area contributed by atoms with E-state index in [0.29, 0.717) is 0 Å². The summed E-state index contributed by atoms with van der Waals surface area (Å²) in [5, 5.41) is 4.16. The Bertz CT molecular complexity index is 614. The molecule has 2 aromatic heterocycles. The number of hydrogen-bond acceptors (Lipinski definition) is 4. The number of hydrogen-bond donors (Lipinski definition) is 1. The van der Waals surface area contributed by atoms with Gasteiger partial charge in [-0.05, 0) is 18.3 Å². The predicted molar refractivity (Wildman–Crippen MR) is 73.3 cm³/mol. The minimum atomic E-state index is 0.0432. The number of fused-ring (bicyclic) bond motifs is 1. The Balaban J connectivity index is 2.04. The predicted octanol–water partition coefficient (Wildman–Crippen LogP) is 1.85. The van der Waals surface area contributed by atoms with Gasteiger partial charge in [0, 0.05) is 36.7 Å². The molecule has 1 aliphatic carbocycles. The summed E-state index contributed by atoms with van der Waals surface area (Å²) >= 11 is 0. The van der Waals surface area contributed by atoms with E-state index in [4.69, 9.17) is 10.7 Å². The molecule has 3 rings (SSSR count). The van der Waals surface area contributed by atoms with Crippen LogP contribution in [0, 0.1) is 5.41 Å². The van der Waals surface area contributed by atoms with Crippen LogP contribution in [0.25, 0.3) is 11.4 Å². The van der Waals surface area contributed by atoms with E-state index >= 15 is 0 Å². The second kappa shape index (κ2) is 4.13. The highest BCUT2D eigenvalue weighted by Gasteiger charge is 2.31. The van der Waals surface area contributed by atoms with Crippen molar-refractivity contribution in [1.29, 1.82) is 0 Å². The highest BCUT2D eigenvalue weighted by atomic mass is 15.2. The van der Waals surface area contributed by atoms with Crippen LogP contribution in [0.15, 0.2) is 18.6 Å². The van der Waals surface area contributed by atoms with E-state index in [-0.39, 0.29) is 11.5 Å². The lowest BCUT2D eigenvalue weighted by Crippen LogP contribution is -2.30. The molecule has 0 saturated heterocycles. The summed E-state index contributed by atoms with van der Waals surface area (Å²) < 4.78 is 1.76. The van der Waals surface area contributed by atoms with Gasteiger partial charge in [-0.3, -0.25) is 4.68 Å². The molecular formula is C14H19N5. The average molecular weight is 257 g/mol. The molecule has 0 amide bonds. The molecule has 0 aromatic carbocycles. The first-order valence-corrected chi connectivity index (χ1v) is 6.55. The Morgan fingerprint density at radius 2 is 2.16 bits per heavy atom. The molecule has 2 heterocycles. The standard InChI is InChI=1S/C14H19N5/c1-14(2)4-11(15)10-7-16-13(18-12(10)5-14)9-6-17-19(3)8-9/h6-8,11H,4-5,15H2,1-3H3. The molecule has 0 aliphatic heterocycles. The Morgan fingerprint density at radius 3 is 2.84 bits per heavy atom. The highest BCUT2D eigenvalue weighted by molar-refractivity contribution is 5.52. The molecule has 19 heavy (non-hydrogen) atoms. The lowest BCUT2D eigenvalue weighted by Gasteiger charge is -2.34. The van der Waals surface area contributed by atoms with Gasteiger partial charge in [0.2, 0.25) is 0 Å². The first-order valence-electron chi connectivity index (χ1n) is 6.55. The van der Waals surface area contributed by atoms with Crippen molar-refractivity contribution in [1.82, 2.24) is 19.7 Å². The molecule has 1 atom stereocenters. The summed E-state index contributed by atoms with van der Waals surface area (Å²) in [5.74, 6) is 0.733. The van der Waals surface area contributed by atoms with E-state index in [1.165, 1.54) is 0 Å². The maximum Gasteiger partial charge on any atom is 0.162 e. The summed E-state index contributed by atoms with van der Waals surface area (Å²) in [7, 11) is 1.89. The molecule has 0 bridgehead atoms. The van der Waals surface area contributed by atoms with Crippen molar-refractivity contribution in [3.63, 3.8) is 0 Å². The zero-order valence-corrected chi connectivity index (χ0v) is 11.6. The third-order valence-corrected chi connectivity index (χ3v) is 3.68. The minimum absolute atomic E-state index is 0.0432. The van der Waals surface area contributed by atoms with Gasteiger partial charge in [-0.15, -0.1) is 0 Å². The molecule has 2 aromatic rings. The van der Waals surface area contributed by atoms with Crippen LogP contribution in [-0.4, -0.2) is 19.7 Å². The minimum Gasteiger partial charge on any atom is -0.324 e. The van der Waals surface area contributed by atoms with Gasteiger partial charge in [-0.25, -0.2) is 9.97 Å². The summed E-state index contributed by atoms with van der Waals surface area (Å²) in [4.78, 5) is 9.13. The van der Waals surface area contributed by atoms with Crippen molar-refractivity contribution in [2.45, 2.75) is 32.7 Å². The fourth-order valence-corrected chi connectivity index (χ4v) is 2.78. The number of rotatable bonds is 1. The normalized spacial score (nSPS) is 21.2. The van der Waals surface area contributed by atoms with Gasteiger partial charge in [-0.1, -0.05) is 13.8 Å². The van der Waals surface area contributed by atoms with Crippen LogP contribution in [0.5, 0.6) is 0 Å². The molecular weight excluding hydrogens is 238 g/mol. The zero-order valence-electron chi connectivity index (χ0n) is 11.6. The fourth-order valence-electron chi connectivity index (χ4n) is 2.78. The van der Waals surface area contributed by atoms with Crippen LogP contribution in [0.2, 0.25) is 0 Å². The van der Waals surface area contributed by atoms with Crippen LogP contribution in [-0.2, 0) is 13.5 Å². The molecule has 0 saturated carbocycles. The summed E-state index contributed by atoms with van der Waals surface area (Å²) in [5.41, 5.74) is 9.54. The third kappa shape index (κ3) is 2.26. The van der Waals surface area contributed by atoms with Gasteiger partial charge < -0.3 is 5.73 Å². The Kier molecular flexibility index (Phi) is 2.67. The summed E-state index contributed by atoms with van der Waals surface area (Å²) in [6, 6.07) is 0.0432. The van der Waals surface area contributed by atoms with Gasteiger partial charge in [-0.2, -0.15) is 5.10 Å². The van der Waals surface area contributed by atoms with Gasteiger partial charge >= 0.3 is 0 Å². The Hall–Kier alpha value is -1.75. The maximum atomic E-state index is 6.22. The van der Waals surface area contributed by atoms with E-state index in [9.17, 15) is 0 Å². The zero-order chi connectivity index (χ0) is 13.6. The van der Waals surface area contributed by atoms with Crippen LogP contribution in [0.3, 0.4) is 0 Å². The first-order chi connectivity index (χ1) is 8.94. The smallest absolute Gasteiger partial charge is 0.162 e. The monoisotopic (exact) mass is 257 g/mol. The highest BCUT2D eigenvalue weighted by Crippen LogP contribution is 2.38. The van der Waals surface area contributed by atoms with E-state index < -0.39 is 0 Å². The van der Waals surface area contributed by atoms with Crippen molar-refractivity contribution in [3.05, 3.63) is 29.8 Å². The molecule has 1 aliphatic rings. The SMILES string of the molecule is Cn1cc(-c2ncc3c(n2)CC(C)(C)CC3N)cn1. The van der Waals surface area contributed by atoms with Crippen LogP contribution < -0.4 is 5.73 Å². The maximum absolute atomic E-state index is 6.22. The molecule has 5 nitrogen and oxygen atoms in total. The quantitative estimate of drug-likeness (QED) is 0.846. The Morgan fingerprint density at radius 1 is 1.37 bits per heavy atom. The molecule has 100 valence electrons. The van der Waals surface area contributed by atoms with Crippen molar-refractivity contribution in [3.8, 4) is 11.4 Å². The van der Waals surface area contributed by atoms with Crippen LogP contribution in [0.4, 0.5) is 0 Å². The van der Waals surface area contributed by atoms with E-state index in [2.05, 4.69) is 23.9 Å². The molecule has 1 unspecified atom stereocenters. The number of nitrogens with zero attached hydrogens (tertiary/aromatic N) is 4. The van der Waals surface area contributed by atoms with Crippen molar-refractivity contribution in [2.75, 3.05) is 0 Å². The Labute approximate surface area is 112 Å². The molecule has 5 heteroatoms. The fraction of sp³-hybridized carbons (Fsp3) is 0.500. The van der Waals surface area contributed by atoms with Crippen molar-refractivity contribution >= 4 is 0 Å². The number of nitrogens with two attached hydrogens (primary N) is 1. The van der Waals surface area contributed by atoms with E-state index in [0.717, 1.165) is 35.5 Å². The van der Waals surface area contributed by atoms with Crippen molar-refractivity contribution < 1.29 is 0 Å². The lowest BCUT2D eigenvalue weighted by molar-refractivity contribution is 0.278. The van der Waals surface area contributed by atoms with Gasteiger partial charge in [0.15, 0.2) is 5.82 Å². The second-order valence-corrected chi connectivity index (χ2v) is 6.15. The molecule has 0 radical (unpaired) electrons. The molecule has 2 N–H and O–H groups in total. The number of aryl methyl sites for hydroxylation is 1. The van der Waals surface area contributed by atoms with Crippen LogP contribution >= 0.6 is 0 Å². The van der Waals surface area contributed by atoms with Crippen molar-refractivity contribution in [2.24, 2.45) is 18.2 Å². The van der Waals surface area contributed by atoms with Crippen LogP contribution in [0.1, 0.15) is 37.6 Å². The van der Waals surface area contributed by atoms with Gasteiger partial charge in [0.1, 0.15) is 0 Å².